The van der Waals surface area contributed by atoms with Crippen LogP contribution in [0.1, 0.15) is 12.5 Å². The molecule has 1 aromatic rings. The number of alkyl halides is 3. The summed E-state index contributed by atoms with van der Waals surface area (Å²) in [7, 11) is 0. The Labute approximate surface area is 98.4 Å². The molecule has 1 atom stereocenters. The molecule has 0 bridgehead atoms. The highest BCUT2D eigenvalue weighted by Crippen LogP contribution is 2.30. The van der Waals surface area contributed by atoms with E-state index in [2.05, 4.69) is 17.1 Å². The van der Waals surface area contributed by atoms with Crippen molar-refractivity contribution in [2.24, 2.45) is 0 Å². The summed E-state index contributed by atoms with van der Waals surface area (Å²) in [5.41, 5.74) is 0.260. The number of nitrogens with one attached hydrogen (secondary N) is 1. The fourth-order valence-corrected chi connectivity index (χ4v) is 2.07. The van der Waals surface area contributed by atoms with Crippen molar-refractivity contribution >= 4 is 5.69 Å². The van der Waals surface area contributed by atoms with Crippen molar-refractivity contribution in [2.75, 3.05) is 24.5 Å². The van der Waals surface area contributed by atoms with Gasteiger partial charge in [-0.1, -0.05) is 0 Å². The molecule has 0 radical (unpaired) electrons. The maximum atomic E-state index is 12.4. The van der Waals surface area contributed by atoms with Crippen molar-refractivity contribution in [3.63, 3.8) is 0 Å². The molecule has 0 spiro atoms. The lowest BCUT2D eigenvalue weighted by atomic mass is 10.1. The van der Waals surface area contributed by atoms with E-state index in [9.17, 15) is 13.2 Å². The van der Waals surface area contributed by atoms with Gasteiger partial charge in [-0.3, -0.25) is 0 Å². The maximum Gasteiger partial charge on any atom is 0.416 e. The fourth-order valence-electron chi connectivity index (χ4n) is 2.07. The first kappa shape index (κ1) is 12.2. The van der Waals surface area contributed by atoms with Crippen molar-refractivity contribution in [3.8, 4) is 0 Å². The second-order valence-corrected chi connectivity index (χ2v) is 4.29. The molecule has 1 saturated heterocycles. The first-order chi connectivity index (χ1) is 7.98. The van der Waals surface area contributed by atoms with Crippen LogP contribution in [-0.4, -0.2) is 25.7 Å². The van der Waals surface area contributed by atoms with Gasteiger partial charge in [0.1, 0.15) is 0 Å². The van der Waals surface area contributed by atoms with E-state index >= 15 is 0 Å². The fraction of sp³-hybridized carbons (Fsp3) is 0.500. The molecule has 1 N–H and O–H groups in total. The predicted octanol–water partition coefficient (Wildman–Crippen LogP) is 2.50. The largest absolute Gasteiger partial charge is 0.416 e. The number of benzene rings is 1. The molecule has 17 heavy (non-hydrogen) atoms. The SMILES string of the molecule is CC1CNCCN1c1ccc(C(F)(F)F)cc1. The van der Waals surface area contributed by atoms with Gasteiger partial charge in [0.15, 0.2) is 0 Å². The molecule has 0 amide bonds. The van der Waals surface area contributed by atoms with E-state index in [1.165, 1.54) is 0 Å². The molecule has 2 rings (SSSR count). The number of hydrogen-bond acceptors (Lipinski definition) is 2. The molecule has 1 aromatic carbocycles. The van der Waals surface area contributed by atoms with E-state index in [1.807, 2.05) is 0 Å². The van der Waals surface area contributed by atoms with Gasteiger partial charge in [0.25, 0.3) is 0 Å². The smallest absolute Gasteiger partial charge is 0.366 e. The number of nitrogens with zero attached hydrogens (tertiary/aromatic N) is 1. The Balaban J connectivity index is 2.17. The number of piperazine rings is 1. The summed E-state index contributed by atoms with van der Waals surface area (Å²) in [6, 6.07) is 5.68. The summed E-state index contributed by atoms with van der Waals surface area (Å²) >= 11 is 0. The molecule has 2 nitrogen and oxygen atoms in total. The molecule has 0 aliphatic carbocycles. The Morgan fingerprint density at radius 2 is 1.88 bits per heavy atom. The molecule has 0 aromatic heterocycles. The van der Waals surface area contributed by atoms with Crippen LogP contribution in [0.25, 0.3) is 0 Å². The van der Waals surface area contributed by atoms with Gasteiger partial charge in [-0.25, -0.2) is 0 Å². The molecule has 94 valence electrons. The normalized spacial score (nSPS) is 21.6. The maximum absolute atomic E-state index is 12.4. The Hall–Kier alpha value is -1.23. The third-order valence-corrected chi connectivity index (χ3v) is 3.03. The van der Waals surface area contributed by atoms with Crippen LogP contribution in [0.15, 0.2) is 24.3 Å². The Morgan fingerprint density at radius 3 is 2.41 bits per heavy atom. The number of hydrogen-bond donors (Lipinski definition) is 1. The quantitative estimate of drug-likeness (QED) is 0.816. The Bertz CT molecular complexity index is 372. The van der Waals surface area contributed by atoms with Crippen LogP contribution in [0.4, 0.5) is 18.9 Å². The van der Waals surface area contributed by atoms with Gasteiger partial charge in [0, 0.05) is 31.4 Å². The molecular weight excluding hydrogens is 229 g/mol. The van der Waals surface area contributed by atoms with Gasteiger partial charge >= 0.3 is 6.18 Å². The summed E-state index contributed by atoms with van der Waals surface area (Å²) in [5.74, 6) is 0. The van der Waals surface area contributed by atoms with Gasteiger partial charge < -0.3 is 10.2 Å². The minimum atomic E-state index is -4.26. The van der Waals surface area contributed by atoms with Gasteiger partial charge in [0.05, 0.1) is 5.56 Å². The standard InChI is InChI=1S/C12H15F3N2/c1-9-8-16-6-7-17(9)11-4-2-10(3-5-11)12(13,14)15/h2-5,9,16H,6-8H2,1H3. The van der Waals surface area contributed by atoms with Crippen LogP contribution >= 0.6 is 0 Å². The van der Waals surface area contributed by atoms with Crippen molar-refractivity contribution < 1.29 is 13.2 Å². The molecule has 1 unspecified atom stereocenters. The van der Waals surface area contributed by atoms with Crippen molar-refractivity contribution in [1.29, 1.82) is 0 Å². The van der Waals surface area contributed by atoms with E-state index in [4.69, 9.17) is 0 Å². The van der Waals surface area contributed by atoms with Crippen molar-refractivity contribution in [3.05, 3.63) is 29.8 Å². The van der Waals surface area contributed by atoms with E-state index in [0.717, 1.165) is 37.5 Å². The van der Waals surface area contributed by atoms with Crippen LogP contribution in [0, 0.1) is 0 Å². The summed E-state index contributed by atoms with van der Waals surface area (Å²) in [6.45, 7) is 4.61. The van der Waals surface area contributed by atoms with Crippen LogP contribution in [0.3, 0.4) is 0 Å². The monoisotopic (exact) mass is 244 g/mol. The zero-order valence-corrected chi connectivity index (χ0v) is 9.59. The molecule has 1 fully saturated rings. The van der Waals surface area contributed by atoms with Crippen LogP contribution in [0.5, 0.6) is 0 Å². The van der Waals surface area contributed by atoms with E-state index in [-0.39, 0.29) is 0 Å². The van der Waals surface area contributed by atoms with Crippen LogP contribution < -0.4 is 10.2 Å². The topological polar surface area (TPSA) is 15.3 Å². The highest BCUT2D eigenvalue weighted by atomic mass is 19.4. The van der Waals surface area contributed by atoms with Crippen LogP contribution in [-0.2, 0) is 6.18 Å². The van der Waals surface area contributed by atoms with Gasteiger partial charge in [-0.2, -0.15) is 13.2 Å². The molecular formula is C12H15F3N2. The lowest BCUT2D eigenvalue weighted by Gasteiger charge is -2.36. The average Bonchev–Trinajstić information content (AvgIpc) is 2.29. The highest BCUT2D eigenvalue weighted by Gasteiger charge is 2.30. The minimum absolute atomic E-state index is 0.306. The molecule has 1 aliphatic heterocycles. The average molecular weight is 244 g/mol. The zero-order chi connectivity index (χ0) is 12.5. The zero-order valence-electron chi connectivity index (χ0n) is 9.59. The van der Waals surface area contributed by atoms with E-state index in [1.54, 1.807) is 12.1 Å². The minimum Gasteiger partial charge on any atom is -0.366 e. The van der Waals surface area contributed by atoms with Crippen LogP contribution in [0.2, 0.25) is 0 Å². The second-order valence-electron chi connectivity index (χ2n) is 4.29. The molecule has 5 heteroatoms. The summed E-state index contributed by atoms with van der Waals surface area (Å²) in [4.78, 5) is 2.12. The van der Waals surface area contributed by atoms with Gasteiger partial charge in [-0.15, -0.1) is 0 Å². The third kappa shape index (κ3) is 2.72. The molecule has 1 heterocycles. The van der Waals surface area contributed by atoms with Crippen molar-refractivity contribution in [2.45, 2.75) is 19.1 Å². The first-order valence-electron chi connectivity index (χ1n) is 5.63. The number of rotatable bonds is 1. The molecule has 1 aliphatic rings. The highest BCUT2D eigenvalue weighted by molar-refractivity contribution is 5.49. The lowest BCUT2D eigenvalue weighted by molar-refractivity contribution is -0.137. The second kappa shape index (κ2) is 4.56. The summed E-state index contributed by atoms with van der Waals surface area (Å²) in [5, 5.41) is 3.25. The number of anilines is 1. The summed E-state index contributed by atoms with van der Waals surface area (Å²) < 4.78 is 37.2. The molecule has 0 saturated carbocycles. The Kier molecular flexibility index (Phi) is 3.28. The lowest BCUT2D eigenvalue weighted by Crippen LogP contribution is -2.49. The van der Waals surface area contributed by atoms with Crippen molar-refractivity contribution in [1.82, 2.24) is 5.32 Å². The third-order valence-electron chi connectivity index (χ3n) is 3.03. The predicted molar refractivity (Wildman–Crippen MR) is 61.1 cm³/mol. The first-order valence-corrected chi connectivity index (χ1v) is 5.63. The van der Waals surface area contributed by atoms with E-state index in [0.29, 0.717) is 6.04 Å². The van der Waals surface area contributed by atoms with Gasteiger partial charge in [-0.05, 0) is 31.2 Å². The Morgan fingerprint density at radius 1 is 1.24 bits per heavy atom. The van der Waals surface area contributed by atoms with Gasteiger partial charge in [0.2, 0.25) is 0 Å². The summed E-state index contributed by atoms with van der Waals surface area (Å²) in [6.07, 6.45) is -4.26. The van der Waals surface area contributed by atoms with E-state index < -0.39 is 11.7 Å². The number of halogens is 3.